The van der Waals surface area contributed by atoms with Crippen LogP contribution in [0.25, 0.3) is 33.4 Å². The van der Waals surface area contributed by atoms with E-state index in [1.165, 1.54) is 0 Å². The lowest BCUT2D eigenvalue weighted by molar-refractivity contribution is 1.18. The first kappa shape index (κ1) is 16.0. The summed E-state index contributed by atoms with van der Waals surface area (Å²) in [5.41, 5.74) is 9.45. The van der Waals surface area contributed by atoms with Crippen LogP contribution in [-0.4, -0.2) is 15.0 Å². The predicted octanol–water partition coefficient (Wildman–Crippen LogP) is 4.47. The second-order valence-corrected chi connectivity index (χ2v) is 6.07. The van der Waals surface area contributed by atoms with Gasteiger partial charge in [-0.2, -0.15) is 5.26 Å². The van der Waals surface area contributed by atoms with E-state index in [2.05, 4.69) is 15.0 Å². The van der Waals surface area contributed by atoms with Crippen molar-refractivity contribution >= 4 is 28.3 Å². The van der Waals surface area contributed by atoms with Crippen molar-refractivity contribution in [3.05, 3.63) is 71.5 Å². The van der Waals surface area contributed by atoms with E-state index < -0.39 is 0 Å². The summed E-state index contributed by atoms with van der Waals surface area (Å²) >= 11 is 6.41. The van der Waals surface area contributed by atoms with Crippen LogP contribution < -0.4 is 5.73 Å². The van der Waals surface area contributed by atoms with Crippen LogP contribution in [0, 0.1) is 11.3 Å². The molecule has 6 heteroatoms. The fourth-order valence-electron chi connectivity index (χ4n) is 2.81. The summed E-state index contributed by atoms with van der Waals surface area (Å²) in [6.07, 6.45) is 1.69. The molecule has 2 N–H and O–H groups in total. The van der Waals surface area contributed by atoms with Gasteiger partial charge in [-0.1, -0.05) is 48.0 Å². The van der Waals surface area contributed by atoms with Crippen molar-refractivity contribution in [2.75, 3.05) is 5.73 Å². The maximum atomic E-state index is 9.31. The van der Waals surface area contributed by atoms with Gasteiger partial charge in [-0.05, 0) is 18.2 Å². The van der Waals surface area contributed by atoms with Gasteiger partial charge in [-0.3, -0.25) is 4.98 Å². The zero-order valence-corrected chi connectivity index (χ0v) is 14.3. The summed E-state index contributed by atoms with van der Waals surface area (Å²) in [6.45, 7) is 0. The Morgan fingerprint density at radius 2 is 1.69 bits per heavy atom. The van der Waals surface area contributed by atoms with Gasteiger partial charge in [0.25, 0.3) is 0 Å². The molecule has 0 aliphatic carbocycles. The number of hydrogen-bond donors (Lipinski definition) is 1. The number of nitrogen functional groups attached to an aromatic ring is 1. The molecule has 0 aliphatic heterocycles. The largest absolute Gasteiger partial charge is 0.381 e. The topological polar surface area (TPSA) is 88.5 Å². The minimum absolute atomic E-state index is 0.0853. The summed E-state index contributed by atoms with van der Waals surface area (Å²) in [5, 5.41) is 10.7. The fraction of sp³-hybridized carbons (Fsp3) is 0. The van der Waals surface area contributed by atoms with Gasteiger partial charge >= 0.3 is 0 Å². The monoisotopic (exact) mass is 357 g/mol. The van der Waals surface area contributed by atoms with E-state index >= 15 is 0 Å². The predicted molar refractivity (Wildman–Crippen MR) is 102 cm³/mol. The lowest BCUT2D eigenvalue weighted by Crippen LogP contribution is -2.03. The Labute approximate surface area is 154 Å². The van der Waals surface area contributed by atoms with Gasteiger partial charge in [0, 0.05) is 22.7 Å². The third-order valence-corrected chi connectivity index (χ3v) is 4.30. The summed E-state index contributed by atoms with van der Waals surface area (Å²) in [5.74, 6) is 0.101. The first-order valence-corrected chi connectivity index (χ1v) is 8.23. The van der Waals surface area contributed by atoms with Crippen LogP contribution in [-0.2, 0) is 0 Å². The molecule has 124 valence electrons. The standard InChI is InChI=1S/C20H12ClN5/c21-15-10-14(9-13-7-4-8-24-17(13)15)19-18(12-5-2-1-3-6-12)26-20(23)16(11-22)25-19/h1-10H,(H2,23,26). The van der Waals surface area contributed by atoms with Gasteiger partial charge in [0.15, 0.2) is 11.5 Å². The van der Waals surface area contributed by atoms with Gasteiger partial charge in [0.1, 0.15) is 6.07 Å². The normalized spacial score (nSPS) is 10.6. The minimum atomic E-state index is 0.0853. The number of benzene rings is 2. The SMILES string of the molecule is N#Cc1nc(-c2cc(Cl)c3ncccc3c2)c(-c2ccccc2)nc1N. The van der Waals surface area contributed by atoms with Crippen LogP contribution in [0.4, 0.5) is 5.82 Å². The Morgan fingerprint density at radius 1 is 0.923 bits per heavy atom. The highest BCUT2D eigenvalue weighted by Crippen LogP contribution is 2.34. The van der Waals surface area contributed by atoms with E-state index in [4.69, 9.17) is 17.3 Å². The molecule has 4 aromatic rings. The molecule has 2 aromatic heterocycles. The van der Waals surface area contributed by atoms with Gasteiger partial charge in [0.2, 0.25) is 0 Å². The molecule has 2 heterocycles. The molecule has 26 heavy (non-hydrogen) atoms. The molecule has 4 rings (SSSR count). The summed E-state index contributed by atoms with van der Waals surface area (Å²) in [6, 6.07) is 19.1. The summed E-state index contributed by atoms with van der Waals surface area (Å²) in [4.78, 5) is 13.2. The zero-order chi connectivity index (χ0) is 18.1. The molecule has 0 saturated carbocycles. The van der Waals surface area contributed by atoms with Crippen LogP contribution in [0.1, 0.15) is 5.69 Å². The number of nitrogens with two attached hydrogens (primary N) is 1. The number of fused-ring (bicyclic) bond motifs is 1. The Balaban J connectivity index is 2.03. The van der Waals surface area contributed by atoms with Gasteiger partial charge in [-0.15, -0.1) is 0 Å². The molecule has 0 bridgehead atoms. The van der Waals surface area contributed by atoms with Gasteiger partial charge < -0.3 is 5.73 Å². The number of pyridine rings is 1. The number of hydrogen-bond acceptors (Lipinski definition) is 5. The van der Waals surface area contributed by atoms with Crippen molar-refractivity contribution in [2.24, 2.45) is 0 Å². The molecule has 0 unspecified atom stereocenters. The van der Waals surface area contributed by atoms with Crippen LogP contribution >= 0.6 is 11.6 Å². The number of rotatable bonds is 2. The smallest absolute Gasteiger partial charge is 0.183 e. The van der Waals surface area contributed by atoms with E-state index in [-0.39, 0.29) is 11.5 Å². The van der Waals surface area contributed by atoms with Crippen molar-refractivity contribution in [3.63, 3.8) is 0 Å². The number of halogens is 1. The van der Waals surface area contributed by atoms with Crippen LogP contribution in [0.15, 0.2) is 60.8 Å². The molecule has 5 nitrogen and oxygen atoms in total. The molecule has 0 fully saturated rings. The fourth-order valence-corrected chi connectivity index (χ4v) is 3.09. The van der Waals surface area contributed by atoms with E-state index in [1.807, 2.05) is 54.6 Å². The Hall–Kier alpha value is -3.49. The van der Waals surface area contributed by atoms with E-state index in [9.17, 15) is 5.26 Å². The first-order valence-electron chi connectivity index (χ1n) is 7.85. The number of aromatic nitrogens is 3. The van der Waals surface area contributed by atoms with Crippen molar-refractivity contribution in [1.29, 1.82) is 5.26 Å². The Morgan fingerprint density at radius 3 is 2.46 bits per heavy atom. The average molecular weight is 358 g/mol. The van der Waals surface area contributed by atoms with E-state index in [1.54, 1.807) is 12.3 Å². The highest BCUT2D eigenvalue weighted by Gasteiger charge is 2.16. The Kier molecular flexibility index (Phi) is 3.96. The quantitative estimate of drug-likeness (QED) is 0.572. The highest BCUT2D eigenvalue weighted by molar-refractivity contribution is 6.35. The number of anilines is 1. The summed E-state index contributed by atoms with van der Waals surface area (Å²) < 4.78 is 0. The molecule has 0 atom stereocenters. The molecule has 0 radical (unpaired) electrons. The molecule has 0 saturated heterocycles. The maximum Gasteiger partial charge on any atom is 0.183 e. The molecular formula is C20H12ClN5. The molecular weight excluding hydrogens is 346 g/mol. The van der Waals surface area contributed by atoms with E-state index in [0.29, 0.717) is 21.9 Å². The van der Waals surface area contributed by atoms with Crippen LogP contribution in [0.2, 0.25) is 5.02 Å². The zero-order valence-electron chi connectivity index (χ0n) is 13.5. The lowest BCUT2D eigenvalue weighted by Gasteiger charge is -2.12. The summed E-state index contributed by atoms with van der Waals surface area (Å²) in [7, 11) is 0. The van der Waals surface area contributed by atoms with Crippen LogP contribution in [0.3, 0.4) is 0 Å². The van der Waals surface area contributed by atoms with Crippen molar-refractivity contribution in [2.45, 2.75) is 0 Å². The average Bonchev–Trinajstić information content (AvgIpc) is 2.68. The molecule has 0 aliphatic rings. The van der Waals surface area contributed by atoms with Crippen molar-refractivity contribution in [3.8, 4) is 28.6 Å². The molecule has 0 spiro atoms. The minimum Gasteiger partial charge on any atom is -0.381 e. The number of nitriles is 1. The van der Waals surface area contributed by atoms with Gasteiger partial charge in [-0.25, -0.2) is 9.97 Å². The highest BCUT2D eigenvalue weighted by atomic mass is 35.5. The second-order valence-electron chi connectivity index (χ2n) is 5.67. The molecule has 2 aromatic carbocycles. The first-order chi connectivity index (χ1) is 12.7. The second kappa shape index (κ2) is 6.43. The maximum absolute atomic E-state index is 9.31. The van der Waals surface area contributed by atoms with E-state index in [0.717, 1.165) is 16.5 Å². The Bertz CT molecular complexity index is 1170. The lowest BCUT2D eigenvalue weighted by atomic mass is 10.0. The third-order valence-electron chi connectivity index (χ3n) is 4.01. The van der Waals surface area contributed by atoms with Gasteiger partial charge in [0.05, 0.1) is 21.9 Å². The van der Waals surface area contributed by atoms with Crippen molar-refractivity contribution < 1.29 is 0 Å². The van der Waals surface area contributed by atoms with Crippen LogP contribution in [0.5, 0.6) is 0 Å². The number of nitrogens with zero attached hydrogens (tertiary/aromatic N) is 4. The van der Waals surface area contributed by atoms with Crippen molar-refractivity contribution in [1.82, 2.24) is 15.0 Å². The molecule has 0 amide bonds. The third kappa shape index (κ3) is 2.73.